The number of amides is 1. The molecule has 2 N–H and O–H groups in total. The van der Waals surface area contributed by atoms with E-state index >= 15 is 0 Å². The van der Waals surface area contributed by atoms with Crippen LogP contribution in [0.4, 0.5) is 11.5 Å². The fourth-order valence-corrected chi connectivity index (χ4v) is 4.10. The fraction of sp³-hybridized carbons (Fsp3) is 0.320. The van der Waals surface area contributed by atoms with Crippen molar-refractivity contribution in [1.82, 2.24) is 25.2 Å². The third-order valence-corrected chi connectivity index (χ3v) is 5.99. The van der Waals surface area contributed by atoms with Crippen molar-refractivity contribution >= 4 is 50.0 Å². The largest absolute Gasteiger partial charge is 0.379 e. The summed E-state index contributed by atoms with van der Waals surface area (Å²) in [6, 6.07) is 9.54. The van der Waals surface area contributed by atoms with Crippen LogP contribution in [0.1, 0.15) is 12.1 Å². The molecule has 10 heteroatoms. The Labute approximate surface area is 212 Å². The number of nitrogens with one attached hydrogen (secondary N) is 2. The standard InChI is InChI=1S/C25H27BrN6O3/c26-18-3-1-4-19(13-18)31-25-22-15-20(28-16-23(22)29-17-30-25)14-21(33)5-6-24(34)27-7-2-8-32-9-11-35-12-10-32/h1,3-6,13,15-17H,2,7-12,14H2,(H,27,34)(H,29,30,31)/b6-5+. The van der Waals surface area contributed by atoms with Gasteiger partial charge >= 0.3 is 0 Å². The van der Waals surface area contributed by atoms with Gasteiger partial charge in [0.25, 0.3) is 0 Å². The predicted molar refractivity (Wildman–Crippen MR) is 137 cm³/mol. The summed E-state index contributed by atoms with van der Waals surface area (Å²) in [4.78, 5) is 39.7. The van der Waals surface area contributed by atoms with Crippen molar-refractivity contribution in [2.24, 2.45) is 0 Å². The number of aromatic nitrogens is 3. The Hall–Kier alpha value is -3.21. The number of ether oxygens (including phenoxy) is 1. The number of carbonyl (C=O) groups is 2. The normalized spacial score (nSPS) is 14.3. The number of halogens is 1. The first-order valence-electron chi connectivity index (χ1n) is 11.5. The maximum atomic E-state index is 12.4. The Morgan fingerprint density at radius 1 is 1.11 bits per heavy atom. The van der Waals surface area contributed by atoms with Gasteiger partial charge in [-0.25, -0.2) is 9.97 Å². The van der Waals surface area contributed by atoms with E-state index in [1.54, 1.807) is 12.3 Å². The molecule has 1 aliphatic rings. The van der Waals surface area contributed by atoms with E-state index in [1.807, 2.05) is 24.3 Å². The highest BCUT2D eigenvalue weighted by Crippen LogP contribution is 2.25. The highest BCUT2D eigenvalue weighted by molar-refractivity contribution is 9.10. The monoisotopic (exact) mass is 538 g/mol. The lowest BCUT2D eigenvalue weighted by molar-refractivity contribution is -0.117. The summed E-state index contributed by atoms with van der Waals surface area (Å²) in [6.07, 6.45) is 6.59. The number of ketones is 1. The molecular formula is C25H27BrN6O3. The number of pyridine rings is 1. The summed E-state index contributed by atoms with van der Waals surface area (Å²) in [6.45, 7) is 4.87. The number of morpholine rings is 1. The van der Waals surface area contributed by atoms with E-state index in [0.717, 1.165) is 54.8 Å². The van der Waals surface area contributed by atoms with Gasteiger partial charge in [-0.2, -0.15) is 0 Å². The fourth-order valence-electron chi connectivity index (χ4n) is 3.71. The van der Waals surface area contributed by atoms with Gasteiger partial charge in [-0.1, -0.05) is 22.0 Å². The van der Waals surface area contributed by atoms with Crippen LogP contribution in [0.2, 0.25) is 0 Å². The molecule has 0 aliphatic carbocycles. The Balaban J connectivity index is 1.30. The number of allylic oxidation sites excluding steroid dienone is 1. The molecular weight excluding hydrogens is 512 g/mol. The minimum absolute atomic E-state index is 0.0714. The number of hydrogen-bond donors (Lipinski definition) is 2. The lowest BCUT2D eigenvalue weighted by Crippen LogP contribution is -2.38. The lowest BCUT2D eigenvalue weighted by Gasteiger charge is -2.26. The summed E-state index contributed by atoms with van der Waals surface area (Å²) in [7, 11) is 0. The van der Waals surface area contributed by atoms with Crippen LogP contribution >= 0.6 is 15.9 Å². The average Bonchev–Trinajstić information content (AvgIpc) is 2.86. The SMILES string of the molecule is O=C(/C=C/C(=O)NCCCN1CCOCC1)Cc1cc2c(Nc3cccc(Br)c3)ncnc2cn1. The molecule has 0 unspecified atom stereocenters. The van der Waals surface area contributed by atoms with Crippen LogP contribution in [0.3, 0.4) is 0 Å². The third-order valence-electron chi connectivity index (χ3n) is 5.50. The zero-order valence-corrected chi connectivity index (χ0v) is 20.8. The molecule has 3 heterocycles. The van der Waals surface area contributed by atoms with Gasteiger partial charge in [0.1, 0.15) is 12.1 Å². The predicted octanol–water partition coefficient (Wildman–Crippen LogP) is 3.04. The van der Waals surface area contributed by atoms with Crippen molar-refractivity contribution < 1.29 is 14.3 Å². The first kappa shape index (κ1) is 24.9. The molecule has 1 aliphatic heterocycles. The van der Waals surface area contributed by atoms with Gasteiger partial charge in [-0.05, 0) is 43.3 Å². The molecule has 0 spiro atoms. The highest BCUT2D eigenvalue weighted by Gasteiger charge is 2.11. The number of carbonyl (C=O) groups excluding carboxylic acids is 2. The van der Waals surface area contributed by atoms with Crippen molar-refractivity contribution in [1.29, 1.82) is 0 Å². The molecule has 4 rings (SSSR count). The lowest BCUT2D eigenvalue weighted by atomic mass is 10.1. The number of nitrogens with zero attached hydrogens (tertiary/aromatic N) is 4. The molecule has 1 aromatic carbocycles. The Kier molecular flexibility index (Phi) is 8.88. The summed E-state index contributed by atoms with van der Waals surface area (Å²) < 4.78 is 6.27. The van der Waals surface area contributed by atoms with Gasteiger partial charge < -0.3 is 15.4 Å². The smallest absolute Gasteiger partial charge is 0.244 e. The van der Waals surface area contributed by atoms with Crippen molar-refractivity contribution in [2.45, 2.75) is 12.8 Å². The second kappa shape index (κ2) is 12.5. The van der Waals surface area contributed by atoms with Crippen molar-refractivity contribution in [3.63, 3.8) is 0 Å². The van der Waals surface area contributed by atoms with E-state index in [9.17, 15) is 9.59 Å². The van der Waals surface area contributed by atoms with E-state index in [4.69, 9.17) is 4.74 Å². The quantitative estimate of drug-likeness (QED) is 0.299. The van der Waals surface area contributed by atoms with Gasteiger partial charge in [0, 0.05) is 47.0 Å². The van der Waals surface area contributed by atoms with Crippen LogP contribution in [-0.2, 0) is 20.7 Å². The second-order valence-electron chi connectivity index (χ2n) is 8.13. The first-order valence-corrected chi connectivity index (χ1v) is 12.3. The number of rotatable bonds is 10. The van der Waals surface area contributed by atoms with Crippen LogP contribution in [-0.4, -0.2) is 70.9 Å². The highest BCUT2D eigenvalue weighted by atomic mass is 79.9. The number of benzene rings is 1. The first-order chi connectivity index (χ1) is 17.1. The molecule has 1 fully saturated rings. The molecule has 0 bridgehead atoms. The minimum Gasteiger partial charge on any atom is -0.379 e. The van der Waals surface area contributed by atoms with Crippen LogP contribution < -0.4 is 10.6 Å². The van der Waals surface area contributed by atoms with Gasteiger partial charge in [-0.15, -0.1) is 0 Å². The summed E-state index contributed by atoms with van der Waals surface area (Å²) in [5.41, 5.74) is 2.11. The van der Waals surface area contributed by atoms with Crippen molar-refractivity contribution in [3.8, 4) is 0 Å². The van der Waals surface area contributed by atoms with Crippen molar-refractivity contribution in [2.75, 3.05) is 44.7 Å². The van der Waals surface area contributed by atoms with E-state index in [1.165, 1.54) is 18.5 Å². The maximum Gasteiger partial charge on any atom is 0.244 e. The van der Waals surface area contributed by atoms with E-state index in [2.05, 4.69) is 46.4 Å². The number of hydrogen-bond acceptors (Lipinski definition) is 8. The van der Waals surface area contributed by atoms with Crippen LogP contribution in [0, 0.1) is 0 Å². The van der Waals surface area contributed by atoms with E-state index in [0.29, 0.717) is 23.6 Å². The molecule has 35 heavy (non-hydrogen) atoms. The molecule has 0 radical (unpaired) electrons. The molecule has 0 saturated carbocycles. The summed E-state index contributed by atoms with van der Waals surface area (Å²) in [5.74, 6) is 0.135. The molecule has 1 amide bonds. The van der Waals surface area contributed by atoms with Crippen LogP contribution in [0.25, 0.3) is 10.9 Å². The van der Waals surface area contributed by atoms with Crippen LogP contribution in [0.5, 0.6) is 0 Å². The number of fused-ring (bicyclic) bond motifs is 1. The second-order valence-corrected chi connectivity index (χ2v) is 9.04. The Morgan fingerprint density at radius 2 is 1.97 bits per heavy atom. The Morgan fingerprint density at radius 3 is 2.80 bits per heavy atom. The van der Waals surface area contributed by atoms with Gasteiger partial charge in [0.2, 0.25) is 5.91 Å². The third kappa shape index (κ3) is 7.64. The zero-order chi connectivity index (χ0) is 24.5. The molecule has 2 aromatic heterocycles. The molecule has 9 nitrogen and oxygen atoms in total. The minimum atomic E-state index is -0.277. The average molecular weight is 539 g/mol. The topological polar surface area (TPSA) is 109 Å². The number of anilines is 2. The molecule has 3 aromatic rings. The van der Waals surface area contributed by atoms with Gasteiger partial charge in [0.05, 0.1) is 31.3 Å². The summed E-state index contributed by atoms with van der Waals surface area (Å²) in [5, 5.41) is 6.86. The van der Waals surface area contributed by atoms with Crippen LogP contribution in [0.15, 0.2) is 59.5 Å². The molecule has 182 valence electrons. The Bertz CT molecular complexity index is 1210. The molecule has 0 atom stereocenters. The van der Waals surface area contributed by atoms with Gasteiger partial charge in [-0.3, -0.25) is 19.5 Å². The molecule has 1 saturated heterocycles. The summed E-state index contributed by atoms with van der Waals surface area (Å²) >= 11 is 3.46. The zero-order valence-electron chi connectivity index (χ0n) is 19.2. The van der Waals surface area contributed by atoms with Crippen molar-refractivity contribution in [3.05, 3.63) is 65.2 Å². The van der Waals surface area contributed by atoms with E-state index < -0.39 is 0 Å². The maximum absolute atomic E-state index is 12.4. The van der Waals surface area contributed by atoms with Gasteiger partial charge in [0.15, 0.2) is 5.78 Å². The van der Waals surface area contributed by atoms with E-state index in [-0.39, 0.29) is 18.1 Å².